The lowest BCUT2D eigenvalue weighted by molar-refractivity contribution is -0.141. The van der Waals surface area contributed by atoms with Gasteiger partial charge in [-0.15, -0.1) is 0 Å². The Morgan fingerprint density at radius 1 is 1.33 bits per heavy atom. The van der Waals surface area contributed by atoms with Crippen LogP contribution >= 0.6 is 0 Å². The van der Waals surface area contributed by atoms with Crippen molar-refractivity contribution in [2.75, 3.05) is 13.2 Å². The first-order valence-corrected chi connectivity index (χ1v) is 5.59. The number of carbonyl (C=O) groups is 1. The first-order valence-electron chi connectivity index (χ1n) is 5.59. The molecule has 3 nitrogen and oxygen atoms in total. The highest BCUT2D eigenvalue weighted by atomic mass is 16.5. The summed E-state index contributed by atoms with van der Waals surface area (Å²) in [5.41, 5.74) is 0.368. The molecule has 0 aromatic carbocycles. The lowest BCUT2D eigenvalue weighted by Crippen LogP contribution is -2.48. The van der Waals surface area contributed by atoms with E-state index in [-0.39, 0.29) is 11.5 Å². The number of hydrogen-bond acceptors (Lipinski definition) is 3. The van der Waals surface area contributed by atoms with Gasteiger partial charge in [0.05, 0.1) is 5.54 Å². The van der Waals surface area contributed by atoms with E-state index < -0.39 is 0 Å². The number of likely N-dealkylation sites (N-methyl/N-ethyl adjacent to an activating group) is 1. The summed E-state index contributed by atoms with van der Waals surface area (Å²) in [6.07, 6.45) is 1.89. The predicted molar refractivity (Wildman–Crippen MR) is 62.8 cm³/mol. The second kappa shape index (κ2) is 6.62. The van der Waals surface area contributed by atoms with Crippen molar-refractivity contribution in [2.24, 2.45) is 0 Å². The molecule has 0 radical (unpaired) electrons. The van der Waals surface area contributed by atoms with Gasteiger partial charge in [-0.2, -0.15) is 0 Å². The number of ether oxygens (including phenoxy) is 1. The minimum Gasteiger partial charge on any atom is -0.460 e. The van der Waals surface area contributed by atoms with Crippen molar-refractivity contribution < 1.29 is 9.53 Å². The molecule has 3 heteroatoms. The topological polar surface area (TPSA) is 38.3 Å². The van der Waals surface area contributed by atoms with Crippen LogP contribution in [0.2, 0.25) is 0 Å². The Balaban J connectivity index is 4.28. The summed E-state index contributed by atoms with van der Waals surface area (Å²) < 4.78 is 5.20. The SMILES string of the molecule is C=C(C)C(=O)OCC(CC)(CC)NCC. The Hall–Kier alpha value is -0.830. The molecule has 0 bridgehead atoms. The number of rotatable bonds is 7. The van der Waals surface area contributed by atoms with Gasteiger partial charge in [0.25, 0.3) is 0 Å². The van der Waals surface area contributed by atoms with Crippen molar-refractivity contribution in [2.45, 2.75) is 46.1 Å². The molecule has 0 aliphatic rings. The Morgan fingerprint density at radius 3 is 2.20 bits per heavy atom. The van der Waals surface area contributed by atoms with E-state index in [2.05, 4.69) is 32.7 Å². The van der Waals surface area contributed by atoms with Crippen LogP contribution in [-0.4, -0.2) is 24.7 Å². The number of carbonyl (C=O) groups excluding carboxylic acids is 1. The smallest absolute Gasteiger partial charge is 0.333 e. The molecule has 15 heavy (non-hydrogen) atoms. The fourth-order valence-electron chi connectivity index (χ4n) is 1.46. The molecule has 0 heterocycles. The highest BCUT2D eigenvalue weighted by Gasteiger charge is 2.26. The summed E-state index contributed by atoms with van der Waals surface area (Å²) >= 11 is 0. The summed E-state index contributed by atoms with van der Waals surface area (Å²) in [7, 11) is 0. The van der Waals surface area contributed by atoms with E-state index >= 15 is 0 Å². The molecule has 0 rings (SSSR count). The molecular formula is C12H23NO2. The van der Waals surface area contributed by atoms with Crippen molar-refractivity contribution in [3.63, 3.8) is 0 Å². The molecule has 88 valence electrons. The third kappa shape index (κ3) is 4.47. The van der Waals surface area contributed by atoms with Gasteiger partial charge < -0.3 is 10.1 Å². The molecule has 0 aromatic rings. The summed E-state index contributed by atoms with van der Waals surface area (Å²) in [6.45, 7) is 12.8. The average molecular weight is 213 g/mol. The van der Waals surface area contributed by atoms with Gasteiger partial charge in [-0.1, -0.05) is 27.4 Å². The van der Waals surface area contributed by atoms with Gasteiger partial charge in [-0.3, -0.25) is 0 Å². The van der Waals surface area contributed by atoms with Crippen LogP contribution in [0.1, 0.15) is 40.5 Å². The zero-order valence-corrected chi connectivity index (χ0v) is 10.4. The maximum Gasteiger partial charge on any atom is 0.333 e. The van der Waals surface area contributed by atoms with E-state index in [0.29, 0.717) is 12.2 Å². The molecule has 0 atom stereocenters. The van der Waals surface area contributed by atoms with Gasteiger partial charge in [0.1, 0.15) is 6.61 Å². The fraction of sp³-hybridized carbons (Fsp3) is 0.750. The van der Waals surface area contributed by atoms with Gasteiger partial charge in [-0.25, -0.2) is 4.79 Å². The Labute approximate surface area is 92.9 Å². The Morgan fingerprint density at radius 2 is 1.87 bits per heavy atom. The quantitative estimate of drug-likeness (QED) is 0.521. The van der Waals surface area contributed by atoms with E-state index in [1.54, 1.807) is 6.92 Å². The van der Waals surface area contributed by atoms with Crippen LogP contribution in [0.5, 0.6) is 0 Å². The van der Waals surface area contributed by atoms with Crippen molar-refractivity contribution in [3.8, 4) is 0 Å². The van der Waals surface area contributed by atoms with Crippen LogP contribution in [0.15, 0.2) is 12.2 Å². The number of hydrogen-bond donors (Lipinski definition) is 1. The summed E-state index contributed by atoms with van der Waals surface area (Å²) in [6, 6.07) is 0. The fourth-order valence-corrected chi connectivity index (χ4v) is 1.46. The zero-order chi connectivity index (χ0) is 11.9. The molecule has 0 unspecified atom stereocenters. The van der Waals surface area contributed by atoms with Crippen molar-refractivity contribution in [1.29, 1.82) is 0 Å². The average Bonchev–Trinajstić information content (AvgIpc) is 2.23. The van der Waals surface area contributed by atoms with Crippen LogP contribution < -0.4 is 5.32 Å². The Kier molecular flexibility index (Phi) is 6.25. The van der Waals surface area contributed by atoms with Crippen LogP contribution in [0, 0.1) is 0 Å². The van der Waals surface area contributed by atoms with Gasteiger partial charge >= 0.3 is 5.97 Å². The lowest BCUT2D eigenvalue weighted by atomic mass is 9.94. The van der Waals surface area contributed by atoms with E-state index in [0.717, 1.165) is 19.4 Å². The Bertz CT molecular complexity index is 220. The van der Waals surface area contributed by atoms with Crippen molar-refractivity contribution in [3.05, 3.63) is 12.2 Å². The van der Waals surface area contributed by atoms with Crippen LogP contribution in [-0.2, 0) is 9.53 Å². The number of esters is 1. The minimum atomic E-state index is -0.306. The maximum absolute atomic E-state index is 11.3. The zero-order valence-electron chi connectivity index (χ0n) is 10.4. The summed E-state index contributed by atoms with van der Waals surface area (Å²) in [5.74, 6) is -0.306. The van der Waals surface area contributed by atoms with Gasteiger partial charge in [0.15, 0.2) is 0 Å². The molecule has 0 spiro atoms. The second-order valence-corrected chi connectivity index (χ2v) is 3.87. The normalized spacial score (nSPS) is 11.2. The van der Waals surface area contributed by atoms with Crippen LogP contribution in [0.4, 0.5) is 0 Å². The van der Waals surface area contributed by atoms with E-state index in [4.69, 9.17) is 4.74 Å². The molecule has 0 amide bonds. The summed E-state index contributed by atoms with van der Waals surface area (Å²) in [4.78, 5) is 11.3. The largest absolute Gasteiger partial charge is 0.460 e. The molecular weight excluding hydrogens is 190 g/mol. The molecule has 0 aliphatic carbocycles. The maximum atomic E-state index is 11.3. The molecule has 0 saturated heterocycles. The van der Waals surface area contributed by atoms with Gasteiger partial charge in [-0.05, 0) is 26.3 Å². The van der Waals surface area contributed by atoms with Crippen LogP contribution in [0.3, 0.4) is 0 Å². The summed E-state index contributed by atoms with van der Waals surface area (Å²) in [5, 5.41) is 3.38. The third-order valence-electron chi connectivity index (χ3n) is 2.73. The molecule has 0 saturated carbocycles. The monoisotopic (exact) mass is 213 g/mol. The highest BCUT2D eigenvalue weighted by molar-refractivity contribution is 5.86. The van der Waals surface area contributed by atoms with E-state index in [1.165, 1.54) is 0 Å². The molecule has 0 aliphatic heterocycles. The first-order chi connectivity index (χ1) is 7.01. The molecule has 1 N–H and O–H groups in total. The molecule has 0 aromatic heterocycles. The standard InChI is InChI=1S/C12H23NO2/c1-6-12(7-2,13-8-3)9-15-11(14)10(4)5/h13H,4,6-9H2,1-3,5H3. The lowest BCUT2D eigenvalue weighted by Gasteiger charge is -2.32. The van der Waals surface area contributed by atoms with Crippen molar-refractivity contribution >= 4 is 5.97 Å². The van der Waals surface area contributed by atoms with Gasteiger partial charge in [0.2, 0.25) is 0 Å². The third-order valence-corrected chi connectivity index (χ3v) is 2.73. The predicted octanol–water partition coefficient (Wildman–Crippen LogP) is 2.27. The molecule has 0 fully saturated rings. The van der Waals surface area contributed by atoms with Crippen molar-refractivity contribution in [1.82, 2.24) is 5.32 Å². The minimum absolute atomic E-state index is 0.0835. The van der Waals surface area contributed by atoms with E-state index in [9.17, 15) is 4.79 Å². The highest BCUT2D eigenvalue weighted by Crippen LogP contribution is 2.16. The van der Waals surface area contributed by atoms with Gasteiger partial charge in [0, 0.05) is 5.57 Å². The second-order valence-electron chi connectivity index (χ2n) is 3.87. The van der Waals surface area contributed by atoms with Crippen LogP contribution in [0.25, 0.3) is 0 Å². The first kappa shape index (κ1) is 14.2. The van der Waals surface area contributed by atoms with E-state index in [1.807, 2.05) is 0 Å². The number of nitrogens with one attached hydrogen (secondary N) is 1.